The van der Waals surface area contributed by atoms with Crippen LogP contribution in [-0.4, -0.2) is 26.0 Å². The van der Waals surface area contributed by atoms with Crippen molar-refractivity contribution < 1.29 is 18.3 Å². The number of hydrogen-bond donors (Lipinski definition) is 2. The van der Waals surface area contributed by atoms with Crippen LogP contribution in [0.25, 0.3) is 11.1 Å². The van der Waals surface area contributed by atoms with Gasteiger partial charge in [-0.15, -0.1) is 0 Å². The molecule has 0 aliphatic heterocycles. The zero-order valence-corrected chi connectivity index (χ0v) is 20.2. The molecule has 0 heterocycles. The van der Waals surface area contributed by atoms with Crippen molar-refractivity contribution in [3.05, 3.63) is 75.3 Å². The summed E-state index contributed by atoms with van der Waals surface area (Å²) in [5, 5.41) is 10.1. The number of fused-ring (bicyclic) bond motifs is 1. The summed E-state index contributed by atoms with van der Waals surface area (Å²) in [5.41, 5.74) is 4.03. The number of carboxylic acid groups (broad SMARTS) is 1. The van der Waals surface area contributed by atoms with E-state index in [4.69, 9.17) is 23.2 Å². The average molecular weight is 494 g/mol. The van der Waals surface area contributed by atoms with E-state index in [1.54, 1.807) is 6.07 Å². The van der Waals surface area contributed by atoms with Crippen molar-refractivity contribution >= 4 is 39.2 Å². The lowest BCUT2D eigenvalue weighted by Gasteiger charge is -2.08. The molecule has 3 rings (SSSR count). The van der Waals surface area contributed by atoms with Gasteiger partial charge in [-0.25, -0.2) is 17.9 Å². The van der Waals surface area contributed by atoms with Crippen LogP contribution >= 0.6 is 23.2 Å². The molecule has 0 atom stereocenters. The number of nitrogens with one attached hydrogen (secondary N) is 1. The Labute approximate surface area is 198 Å². The number of halogens is 2. The van der Waals surface area contributed by atoms with Crippen molar-refractivity contribution in [2.75, 3.05) is 6.54 Å². The fourth-order valence-electron chi connectivity index (χ4n) is 3.58. The smallest absolute Gasteiger partial charge is 0.336 e. The number of aryl methyl sites for hydroxylation is 1. The van der Waals surface area contributed by atoms with Gasteiger partial charge in [-0.3, -0.25) is 0 Å². The second-order valence-electron chi connectivity index (χ2n) is 7.97. The highest BCUT2D eigenvalue weighted by molar-refractivity contribution is 7.89. The van der Waals surface area contributed by atoms with Crippen molar-refractivity contribution in [1.29, 1.82) is 0 Å². The lowest BCUT2D eigenvalue weighted by Crippen LogP contribution is -2.24. The summed E-state index contributed by atoms with van der Waals surface area (Å²) in [6, 6.07) is 13.8. The fourth-order valence-corrected chi connectivity index (χ4v) is 5.04. The van der Waals surface area contributed by atoms with Gasteiger partial charge in [0.2, 0.25) is 10.0 Å². The molecule has 5 nitrogen and oxygen atoms in total. The molecule has 0 saturated heterocycles. The third-order valence-electron chi connectivity index (χ3n) is 5.39. The van der Waals surface area contributed by atoms with E-state index in [1.165, 1.54) is 18.2 Å². The van der Waals surface area contributed by atoms with E-state index in [9.17, 15) is 18.3 Å². The minimum Gasteiger partial charge on any atom is -0.478 e. The molecule has 0 bridgehead atoms. The summed E-state index contributed by atoms with van der Waals surface area (Å²) in [4.78, 5) is 11.8. The van der Waals surface area contributed by atoms with E-state index in [1.807, 2.05) is 24.3 Å². The molecule has 32 heavy (non-hydrogen) atoms. The van der Waals surface area contributed by atoms with E-state index < -0.39 is 16.0 Å². The van der Waals surface area contributed by atoms with Gasteiger partial charge in [0.25, 0.3) is 0 Å². The molecule has 2 aliphatic rings. The molecule has 170 valence electrons. The van der Waals surface area contributed by atoms with Gasteiger partial charge in [0.1, 0.15) is 0 Å². The molecule has 0 unspecified atom stereocenters. The first kappa shape index (κ1) is 24.5. The van der Waals surface area contributed by atoms with Gasteiger partial charge in [-0.2, -0.15) is 0 Å². The zero-order valence-electron chi connectivity index (χ0n) is 17.9. The maximum Gasteiger partial charge on any atom is 0.336 e. The van der Waals surface area contributed by atoms with Crippen molar-refractivity contribution in [2.24, 2.45) is 0 Å². The van der Waals surface area contributed by atoms with E-state index >= 15 is 0 Å². The number of carbonyl (C=O) groups is 1. The summed E-state index contributed by atoms with van der Waals surface area (Å²) >= 11 is 11.8. The summed E-state index contributed by atoms with van der Waals surface area (Å²) in [6.45, 7) is 4.45. The van der Waals surface area contributed by atoms with Gasteiger partial charge >= 0.3 is 5.97 Å². The second kappa shape index (κ2) is 10.2. The molecule has 0 spiro atoms. The Kier molecular flexibility index (Phi) is 7.83. The Balaban J connectivity index is 1.66. The van der Waals surface area contributed by atoms with Crippen LogP contribution in [0.2, 0.25) is 10.0 Å². The second-order valence-corrected chi connectivity index (χ2v) is 10.5. The van der Waals surface area contributed by atoms with Crippen molar-refractivity contribution in [3.63, 3.8) is 0 Å². The predicted octanol–water partition coefficient (Wildman–Crippen LogP) is 6.22. The molecule has 0 amide bonds. The number of benzene rings is 1. The zero-order chi connectivity index (χ0) is 23.5. The van der Waals surface area contributed by atoms with E-state index in [0.717, 1.165) is 22.3 Å². The molecular formula is C24H25Cl2NO4S. The normalized spacial score (nSPS) is 11.9. The van der Waals surface area contributed by atoms with Gasteiger partial charge in [0, 0.05) is 6.54 Å². The highest BCUT2D eigenvalue weighted by atomic mass is 35.5. The first-order chi connectivity index (χ1) is 15.1. The lowest BCUT2D eigenvalue weighted by molar-refractivity contribution is 0.0698. The molecule has 1 aromatic carbocycles. The fraction of sp³-hybridized carbons (Fsp3) is 0.292. The Bertz CT molecular complexity index is 1210. The van der Waals surface area contributed by atoms with Crippen LogP contribution < -0.4 is 4.72 Å². The molecule has 0 radical (unpaired) electrons. The van der Waals surface area contributed by atoms with Crippen molar-refractivity contribution in [2.45, 2.75) is 43.9 Å². The highest BCUT2D eigenvalue weighted by Gasteiger charge is 2.20. The average Bonchev–Trinajstić information content (AvgIpc) is 2.92. The van der Waals surface area contributed by atoms with Crippen LogP contribution in [0.4, 0.5) is 0 Å². The Morgan fingerprint density at radius 1 is 0.969 bits per heavy atom. The summed E-state index contributed by atoms with van der Waals surface area (Å²) in [6.07, 6.45) is 1.96. The molecule has 2 aliphatic carbocycles. The quantitative estimate of drug-likeness (QED) is 0.346. The van der Waals surface area contributed by atoms with Gasteiger partial charge in [0.05, 0.1) is 20.5 Å². The first-order valence-corrected chi connectivity index (χ1v) is 12.6. The summed E-state index contributed by atoms with van der Waals surface area (Å²) < 4.78 is 27.4. The Hall–Kier alpha value is -2.12. The van der Waals surface area contributed by atoms with Crippen LogP contribution in [0.15, 0.2) is 53.4 Å². The highest BCUT2D eigenvalue weighted by Crippen LogP contribution is 2.34. The van der Waals surface area contributed by atoms with Crippen molar-refractivity contribution in [1.82, 2.24) is 4.72 Å². The Morgan fingerprint density at radius 2 is 1.66 bits per heavy atom. The molecule has 0 fully saturated rings. The number of hydrogen-bond acceptors (Lipinski definition) is 3. The maximum atomic E-state index is 12.4. The number of rotatable bonds is 9. The summed E-state index contributed by atoms with van der Waals surface area (Å²) in [5.74, 6) is -0.611. The number of carboxylic acids is 1. The van der Waals surface area contributed by atoms with Gasteiger partial charge in [-0.1, -0.05) is 61.3 Å². The van der Waals surface area contributed by atoms with Gasteiger partial charge in [0.15, 0.2) is 0 Å². The SMILES string of the molecule is CC(C)c1ccc2c(CCCCNS(=O)(=O)c3ccc(Cl)c(Cl)c3)cc(C(=O)O)c-2cc1. The lowest BCUT2D eigenvalue weighted by atomic mass is 10.0. The minimum atomic E-state index is -3.68. The first-order valence-electron chi connectivity index (χ1n) is 10.3. The van der Waals surface area contributed by atoms with Crippen LogP contribution in [0.5, 0.6) is 0 Å². The minimum absolute atomic E-state index is 0.0634. The third kappa shape index (κ3) is 5.62. The molecule has 2 N–H and O–H groups in total. The van der Waals surface area contributed by atoms with E-state index in [2.05, 4.69) is 18.6 Å². The van der Waals surface area contributed by atoms with Gasteiger partial charge in [-0.05, 0) is 71.7 Å². The Morgan fingerprint density at radius 3 is 2.28 bits per heavy atom. The van der Waals surface area contributed by atoms with E-state index in [0.29, 0.717) is 35.8 Å². The van der Waals surface area contributed by atoms with Crippen molar-refractivity contribution in [3.8, 4) is 11.1 Å². The molecule has 0 aromatic heterocycles. The van der Waals surface area contributed by atoms with Crippen LogP contribution in [0.3, 0.4) is 0 Å². The van der Waals surface area contributed by atoms with Crippen LogP contribution in [0.1, 0.15) is 54.1 Å². The molecule has 8 heteroatoms. The third-order valence-corrected chi connectivity index (χ3v) is 7.59. The number of sulfonamides is 1. The monoisotopic (exact) mass is 493 g/mol. The largest absolute Gasteiger partial charge is 0.478 e. The predicted molar refractivity (Wildman–Crippen MR) is 129 cm³/mol. The van der Waals surface area contributed by atoms with Crippen LogP contribution in [0, 0.1) is 0 Å². The van der Waals surface area contributed by atoms with Gasteiger partial charge < -0.3 is 5.11 Å². The standard InChI is InChI=1S/C24H25Cl2NO4S/c1-15(2)16-6-9-19-17(13-21(24(28)29)20(19)10-7-16)5-3-4-12-27-32(30,31)18-8-11-22(25)23(26)14-18/h6-11,13-15,27H,3-5,12H2,1-2H3,(H,28,29). The maximum absolute atomic E-state index is 12.4. The number of unbranched alkanes of at least 4 members (excludes halogenated alkanes) is 1. The topological polar surface area (TPSA) is 83.5 Å². The van der Waals surface area contributed by atoms with Crippen LogP contribution in [-0.2, 0) is 16.4 Å². The molecule has 0 saturated carbocycles. The molecule has 1 aromatic rings. The van der Waals surface area contributed by atoms with E-state index in [-0.39, 0.29) is 16.5 Å². The number of aromatic carboxylic acids is 1. The molecular weight excluding hydrogens is 469 g/mol. The summed E-state index contributed by atoms with van der Waals surface area (Å²) in [7, 11) is -3.68.